The van der Waals surface area contributed by atoms with Crippen LogP contribution in [0.25, 0.3) is 0 Å². The van der Waals surface area contributed by atoms with Gasteiger partial charge in [-0.2, -0.15) is 0 Å². The summed E-state index contributed by atoms with van der Waals surface area (Å²) in [6.07, 6.45) is 1.75. The van der Waals surface area contributed by atoms with Gasteiger partial charge in [-0.05, 0) is 33.3 Å². The minimum absolute atomic E-state index is 0.478. The van der Waals surface area contributed by atoms with Crippen LogP contribution < -0.4 is 0 Å². The average molecular weight is 374 g/mol. The van der Waals surface area contributed by atoms with Gasteiger partial charge in [-0.1, -0.05) is 42.4 Å². The molecule has 1 saturated heterocycles. The summed E-state index contributed by atoms with van der Waals surface area (Å²) in [5.41, 5.74) is -0.172. The normalized spacial score (nSPS) is 19.3. The summed E-state index contributed by atoms with van der Waals surface area (Å²) in [4.78, 5) is 24.6. The van der Waals surface area contributed by atoms with Crippen LogP contribution in [0, 0.1) is 5.92 Å². The van der Waals surface area contributed by atoms with Crippen molar-refractivity contribution in [1.82, 2.24) is 0 Å². The van der Waals surface area contributed by atoms with E-state index in [0.29, 0.717) is 0 Å². The molecule has 1 aromatic carbocycles. The molecule has 0 spiro atoms. The molecule has 1 aliphatic rings. The summed E-state index contributed by atoms with van der Waals surface area (Å²) in [5.74, 6) is -1.29. The highest BCUT2D eigenvalue weighted by molar-refractivity contribution is 6.51. The highest BCUT2D eigenvalue weighted by Gasteiger charge is 2.50. The van der Waals surface area contributed by atoms with E-state index in [4.69, 9.17) is 18.8 Å². The van der Waals surface area contributed by atoms with E-state index < -0.39 is 42.1 Å². The van der Waals surface area contributed by atoms with E-state index in [1.165, 1.54) is 14.2 Å². The second-order valence-electron chi connectivity index (χ2n) is 7.47. The number of rotatable bonds is 6. The maximum atomic E-state index is 12.3. The molecule has 1 heterocycles. The SMILES string of the molecule is COC(=O)C(C(=O)OC)C(/C=C/B1OC(C)(C)C(C)(C)O1)c1ccccc1. The van der Waals surface area contributed by atoms with E-state index in [-0.39, 0.29) is 0 Å². The Hall–Kier alpha value is -2.12. The number of benzene rings is 1. The fraction of sp³-hybridized carbons (Fsp3) is 0.500. The van der Waals surface area contributed by atoms with Crippen molar-refractivity contribution in [2.24, 2.45) is 5.92 Å². The summed E-state index contributed by atoms with van der Waals surface area (Å²) >= 11 is 0. The zero-order chi connectivity index (χ0) is 20.2. The minimum atomic E-state index is -1.12. The van der Waals surface area contributed by atoms with Crippen molar-refractivity contribution in [3.05, 3.63) is 47.9 Å². The van der Waals surface area contributed by atoms with Gasteiger partial charge in [0.1, 0.15) is 0 Å². The smallest absolute Gasteiger partial charge is 0.468 e. The first-order valence-electron chi connectivity index (χ1n) is 8.87. The number of carbonyl (C=O) groups is 2. The number of hydrogen-bond donors (Lipinski definition) is 0. The van der Waals surface area contributed by atoms with Crippen molar-refractivity contribution in [2.75, 3.05) is 14.2 Å². The maximum absolute atomic E-state index is 12.3. The predicted octanol–water partition coefficient (Wildman–Crippen LogP) is 2.92. The zero-order valence-electron chi connectivity index (χ0n) is 16.7. The van der Waals surface area contributed by atoms with Gasteiger partial charge in [-0.15, -0.1) is 0 Å². The molecule has 0 aromatic heterocycles. The number of allylic oxidation sites excluding steroid dienone is 1. The lowest BCUT2D eigenvalue weighted by atomic mass is 9.81. The van der Waals surface area contributed by atoms with Crippen LogP contribution in [0.15, 0.2) is 42.4 Å². The van der Waals surface area contributed by atoms with Gasteiger partial charge in [0.25, 0.3) is 0 Å². The quantitative estimate of drug-likeness (QED) is 0.433. The topological polar surface area (TPSA) is 71.1 Å². The molecule has 1 aliphatic heterocycles. The van der Waals surface area contributed by atoms with Crippen molar-refractivity contribution in [3.63, 3.8) is 0 Å². The Kier molecular flexibility index (Phi) is 6.49. The van der Waals surface area contributed by atoms with Crippen molar-refractivity contribution in [1.29, 1.82) is 0 Å². The third-order valence-corrected chi connectivity index (χ3v) is 5.20. The molecule has 0 saturated carbocycles. The number of carbonyl (C=O) groups excluding carboxylic acids is 2. The van der Waals surface area contributed by atoms with E-state index in [0.717, 1.165) is 5.56 Å². The molecule has 1 atom stereocenters. The van der Waals surface area contributed by atoms with Gasteiger partial charge in [0.05, 0.1) is 25.4 Å². The van der Waals surface area contributed by atoms with Crippen molar-refractivity contribution < 1.29 is 28.4 Å². The van der Waals surface area contributed by atoms with Crippen molar-refractivity contribution in [2.45, 2.75) is 44.8 Å². The van der Waals surface area contributed by atoms with Gasteiger partial charge < -0.3 is 18.8 Å². The van der Waals surface area contributed by atoms with Gasteiger partial charge in [0.15, 0.2) is 5.92 Å². The maximum Gasteiger partial charge on any atom is 0.486 e. The molecule has 146 valence electrons. The van der Waals surface area contributed by atoms with E-state index in [9.17, 15) is 9.59 Å². The van der Waals surface area contributed by atoms with E-state index >= 15 is 0 Å². The van der Waals surface area contributed by atoms with E-state index in [1.807, 2.05) is 58.0 Å². The Morgan fingerprint density at radius 2 is 1.44 bits per heavy atom. The number of esters is 2. The molecule has 0 N–H and O–H groups in total. The van der Waals surface area contributed by atoms with Crippen LogP contribution in [0.2, 0.25) is 0 Å². The molecule has 1 fully saturated rings. The summed E-state index contributed by atoms with van der Waals surface area (Å²) in [5, 5.41) is 0. The Bertz CT molecular complexity index is 666. The lowest BCUT2D eigenvalue weighted by Gasteiger charge is -2.32. The molecule has 27 heavy (non-hydrogen) atoms. The second kappa shape index (κ2) is 8.27. The second-order valence-corrected chi connectivity index (χ2v) is 7.47. The summed E-state index contributed by atoms with van der Waals surface area (Å²) in [6, 6.07) is 9.24. The standard InChI is InChI=1S/C20H27BO6/c1-19(2)20(3,4)27-21(26-19)13-12-15(14-10-8-7-9-11-14)16(17(22)24-5)18(23)25-6/h7-13,15-16H,1-6H3/b13-12+. The number of methoxy groups -OCH3 is 2. The van der Waals surface area contributed by atoms with Crippen LogP contribution in [0.4, 0.5) is 0 Å². The molecule has 6 nitrogen and oxygen atoms in total. The lowest BCUT2D eigenvalue weighted by Crippen LogP contribution is -2.41. The van der Waals surface area contributed by atoms with Crippen LogP contribution >= 0.6 is 0 Å². The van der Waals surface area contributed by atoms with Crippen LogP contribution in [0.3, 0.4) is 0 Å². The molecule has 0 aliphatic carbocycles. The van der Waals surface area contributed by atoms with Gasteiger partial charge in [0.2, 0.25) is 0 Å². The lowest BCUT2D eigenvalue weighted by molar-refractivity contribution is -0.159. The third kappa shape index (κ3) is 4.60. The molecule has 2 rings (SSSR count). The molecule has 7 heteroatoms. The predicted molar refractivity (Wildman–Crippen MR) is 102 cm³/mol. The van der Waals surface area contributed by atoms with Crippen LogP contribution in [-0.4, -0.2) is 44.5 Å². The Morgan fingerprint density at radius 1 is 0.963 bits per heavy atom. The fourth-order valence-electron chi connectivity index (χ4n) is 2.91. The van der Waals surface area contributed by atoms with E-state index in [2.05, 4.69) is 0 Å². The third-order valence-electron chi connectivity index (χ3n) is 5.20. The average Bonchev–Trinajstić information content (AvgIpc) is 2.84. The molecule has 0 radical (unpaired) electrons. The van der Waals surface area contributed by atoms with Gasteiger partial charge >= 0.3 is 19.1 Å². The Balaban J connectivity index is 2.36. The molecular formula is C20H27BO6. The highest BCUT2D eigenvalue weighted by Crippen LogP contribution is 2.37. The van der Waals surface area contributed by atoms with Crippen molar-refractivity contribution >= 4 is 19.1 Å². The minimum Gasteiger partial charge on any atom is -0.468 e. The summed E-state index contributed by atoms with van der Waals surface area (Å²) in [7, 11) is 1.91. The first-order valence-corrected chi connectivity index (χ1v) is 8.87. The van der Waals surface area contributed by atoms with Gasteiger partial charge in [-0.3, -0.25) is 9.59 Å². The zero-order valence-corrected chi connectivity index (χ0v) is 16.7. The number of ether oxygens (including phenoxy) is 2. The van der Waals surface area contributed by atoms with Crippen LogP contribution in [0.1, 0.15) is 39.2 Å². The van der Waals surface area contributed by atoms with Crippen LogP contribution in [-0.2, 0) is 28.4 Å². The Labute approximate surface area is 161 Å². The van der Waals surface area contributed by atoms with Gasteiger partial charge in [-0.25, -0.2) is 0 Å². The molecule has 1 unspecified atom stereocenters. The molecular weight excluding hydrogens is 347 g/mol. The van der Waals surface area contributed by atoms with Crippen LogP contribution in [0.5, 0.6) is 0 Å². The highest BCUT2D eigenvalue weighted by atomic mass is 16.7. The summed E-state index contributed by atoms with van der Waals surface area (Å²) < 4.78 is 21.6. The fourth-order valence-corrected chi connectivity index (χ4v) is 2.91. The molecule has 0 bridgehead atoms. The van der Waals surface area contributed by atoms with Crippen molar-refractivity contribution in [3.8, 4) is 0 Å². The summed E-state index contributed by atoms with van der Waals surface area (Å²) in [6.45, 7) is 7.84. The molecule has 1 aromatic rings. The largest absolute Gasteiger partial charge is 0.486 e. The first kappa shape index (κ1) is 21.2. The Morgan fingerprint density at radius 3 is 1.89 bits per heavy atom. The first-order chi connectivity index (χ1) is 12.6. The monoisotopic (exact) mass is 374 g/mol. The van der Waals surface area contributed by atoms with Gasteiger partial charge in [0, 0.05) is 5.92 Å². The van der Waals surface area contributed by atoms with E-state index in [1.54, 1.807) is 12.1 Å². The number of hydrogen-bond acceptors (Lipinski definition) is 6. The molecule has 0 amide bonds.